The highest BCUT2D eigenvalue weighted by Gasteiger charge is 2.06. The fourth-order valence-electron chi connectivity index (χ4n) is 1.50. The molecule has 2 N–H and O–H groups in total. The minimum absolute atomic E-state index is 0.284. The van der Waals surface area contributed by atoms with Crippen LogP contribution in [0.3, 0.4) is 0 Å². The van der Waals surface area contributed by atoms with Crippen LogP contribution in [0.1, 0.15) is 19.2 Å². The molecular weight excluding hydrogens is 222 g/mol. The standard InChI is InChI=1S/C11H15N3OS/c1-7(15)3-5-12-10-9-4-6-16-11(9)14-8(2)13-10/h4,6-7,15H,3,5H2,1-2H3,(H,12,13,14). The first-order valence-corrected chi connectivity index (χ1v) is 6.18. The third-order valence-electron chi connectivity index (χ3n) is 2.29. The van der Waals surface area contributed by atoms with Crippen LogP contribution in [-0.4, -0.2) is 27.7 Å². The second kappa shape index (κ2) is 4.76. The largest absolute Gasteiger partial charge is 0.393 e. The highest BCUT2D eigenvalue weighted by Crippen LogP contribution is 2.24. The maximum absolute atomic E-state index is 9.19. The molecule has 0 saturated heterocycles. The zero-order chi connectivity index (χ0) is 11.5. The number of nitrogens with zero attached hydrogens (tertiary/aromatic N) is 2. The van der Waals surface area contributed by atoms with Crippen molar-refractivity contribution in [1.29, 1.82) is 0 Å². The number of hydrogen-bond acceptors (Lipinski definition) is 5. The van der Waals surface area contributed by atoms with Gasteiger partial charge >= 0.3 is 0 Å². The normalized spacial score (nSPS) is 12.9. The van der Waals surface area contributed by atoms with Crippen molar-refractivity contribution in [3.05, 3.63) is 17.3 Å². The number of aryl methyl sites for hydroxylation is 1. The summed E-state index contributed by atoms with van der Waals surface area (Å²) in [5.41, 5.74) is 0. The summed E-state index contributed by atoms with van der Waals surface area (Å²) in [6, 6.07) is 2.02. The van der Waals surface area contributed by atoms with Crippen molar-refractivity contribution in [2.75, 3.05) is 11.9 Å². The van der Waals surface area contributed by atoms with E-state index in [9.17, 15) is 5.11 Å². The first-order valence-electron chi connectivity index (χ1n) is 5.30. The summed E-state index contributed by atoms with van der Waals surface area (Å²) >= 11 is 1.61. The van der Waals surface area contributed by atoms with Crippen molar-refractivity contribution in [2.45, 2.75) is 26.4 Å². The lowest BCUT2D eigenvalue weighted by Gasteiger charge is -2.08. The molecule has 2 aromatic rings. The molecular formula is C11H15N3OS. The molecule has 0 amide bonds. The highest BCUT2D eigenvalue weighted by molar-refractivity contribution is 7.16. The van der Waals surface area contributed by atoms with Crippen LogP contribution >= 0.6 is 11.3 Å². The number of nitrogens with one attached hydrogen (secondary N) is 1. The summed E-state index contributed by atoms with van der Waals surface area (Å²) in [5, 5.41) is 15.5. The third kappa shape index (κ3) is 2.48. The van der Waals surface area contributed by atoms with Crippen molar-refractivity contribution in [3.8, 4) is 0 Å². The molecule has 16 heavy (non-hydrogen) atoms. The van der Waals surface area contributed by atoms with E-state index >= 15 is 0 Å². The number of aromatic nitrogens is 2. The molecule has 2 heterocycles. The zero-order valence-electron chi connectivity index (χ0n) is 9.40. The molecule has 0 bridgehead atoms. The second-order valence-corrected chi connectivity index (χ2v) is 4.72. The van der Waals surface area contributed by atoms with Crippen LogP contribution in [0.25, 0.3) is 10.2 Å². The number of anilines is 1. The summed E-state index contributed by atoms with van der Waals surface area (Å²) in [5.74, 6) is 1.64. The molecule has 1 unspecified atom stereocenters. The van der Waals surface area contributed by atoms with Crippen molar-refractivity contribution < 1.29 is 5.11 Å². The van der Waals surface area contributed by atoms with Crippen LogP contribution < -0.4 is 5.32 Å². The maximum Gasteiger partial charge on any atom is 0.138 e. The Morgan fingerprint density at radius 1 is 1.50 bits per heavy atom. The Kier molecular flexibility index (Phi) is 3.36. The highest BCUT2D eigenvalue weighted by atomic mass is 32.1. The molecule has 5 heteroatoms. The van der Waals surface area contributed by atoms with Gasteiger partial charge in [0.2, 0.25) is 0 Å². The minimum atomic E-state index is -0.284. The van der Waals surface area contributed by atoms with E-state index in [0.29, 0.717) is 6.42 Å². The predicted octanol–water partition coefficient (Wildman–Crippen LogP) is 2.18. The van der Waals surface area contributed by atoms with Crippen LogP contribution in [0, 0.1) is 6.92 Å². The van der Waals surface area contributed by atoms with Crippen molar-refractivity contribution in [1.82, 2.24) is 9.97 Å². The molecule has 0 saturated carbocycles. The van der Waals surface area contributed by atoms with Gasteiger partial charge in [0, 0.05) is 6.54 Å². The van der Waals surface area contributed by atoms with E-state index in [0.717, 1.165) is 28.4 Å². The van der Waals surface area contributed by atoms with Crippen LogP contribution in [-0.2, 0) is 0 Å². The average molecular weight is 237 g/mol. The third-order valence-corrected chi connectivity index (χ3v) is 3.10. The Morgan fingerprint density at radius 2 is 2.31 bits per heavy atom. The number of fused-ring (bicyclic) bond motifs is 1. The van der Waals surface area contributed by atoms with E-state index in [-0.39, 0.29) is 6.10 Å². The van der Waals surface area contributed by atoms with Crippen molar-refractivity contribution in [3.63, 3.8) is 0 Å². The molecule has 2 aromatic heterocycles. The summed E-state index contributed by atoms with van der Waals surface area (Å²) in [6.45, 7) is 4.39. The molecule has 86 valence electrons. The van der Waals surface area contributed by atoms with Crippen LogP contribution in [0.2, 0.25) is 0 Å². The predicted molar refractivity (Wildman–Crippen MR) is 66.9 cm³/mol. The lowest BCUT2D eigenvalue weighted by atomic mass is 10.3. The smallest absolute Gasteiger partial charge is 0.138 e. The molecule has 1 atom stereocenters. The molecule has 0 aliphatic heterocycles. The van der Waals surface area contributed by atoms with Crippen LogP contribution in [0.15, 0.2) is 11.4 Å². The average Bonchev–Trinajstić information content (AvgIpc) is 2.64. The molecule has 4 nitrogen and oxygen atoms in total. The van der Waals surface area contributed by atoms with E-state index in [2.05, 4.69) is 15.3 Å². The van der Waals surface area contributed by atoms with Gasteiger partial charge in [-0.1, -0.05) is 0 Å². The number of hydrogen-bond donors (Lipinski definition) is 2. The molecule has 0 aliphatic rings. The lowest BCUT2D eigenvalue weighted by Crippen LogP contribution is -2.11. The van der Waals surface area contributed by atoms with E-state index in [1.165, 1.54) is 0 Å². The Bertz CT molecular complexity index is 481. The quantitative estimate of drug-likeness (QED) is 0.855. The molecule has 0 fully saturated rings. The van der Waals surface area contributed by atoms with Gasteiger partial charge in [0.05, 0.1) is 11.5 Å². The van der Waals surface area contributed by atoms with Crippen molar-refractivity contribution in [2.24, 2.45) is 0 Å². The summed E-state index contributed by atoms with van der Waals surface area (Å²) in [6.07, 6.45) is 0.433. The number of rotatable bonds is 4. The molecule has 2 rings (SSSR count). The first kappa shape index (κ1) is 11.3. The van der Waals surface area contributed by atoms with Gasteiger partial charge in [-0.15, -0.1) is 11.3 Å². The topological polar surface area (TPSA) is 58.0 Å². The van der Waals surface area contributed by atoms with Crippen LogP contribution in [0.4, 0.5) is 5.82 Å². The molecule has 0 spiro atoms. The molecule has 0 aliphatic carbocycles. The summed E-state index contributed by atoms with van der Waals surface area (Å²) in [4.78, 5) is 9.74. The molecule has 0 aromatic carbocycles. The van der Waals surface area contributed by atoms with Crippen molar-refractivity contribution >= 4 is 27.4 Å². The van der Waals surface area contributed by atoms with Gasteiger partial charge < -0.3 is 10.4 Å². The SMILES string of the molecule is Cc1nc(NCCC(C)O)c2ccsc2n1. The molecule has 0 radical (unpaired) electrons. The Labute approximate surface area is 98.4 Å². The summed E-state index contributed by atoms with van der Waals surface area (Å²) < 4.78 is 0. The Hall–Kier alpha value is -1.20. The van der Waals surface area contributed by atoms with Gasteiger partial charge in [0.25, 0.3) is 0 Å². The van der Waals surface area contributed by atoms with Gasteiger partial charge in [-0.3, -0.25) is 0 Å². The Morgan fingerprint density at radius 3 is 3.06 bits per heavy atom. The minimum Gasteiger partial charge on any atom is -0.393 e. The van der Waals surface area contributed by atoms with E-state index in [1.807, 2.05) is 18.4 Å². The Balaban J connectivity index is 2.19. The van der Waals surface area contributed by atoms with E-state index in [1.54, 1.807) is 18.3 Å². The fourth-order valence-corrected chi connectivity index (χ4v) is 2.31. The van der Waals surface area contributed by atoms with E-state index < -0.39 is 0 Å². The second-order valence-electron chi connectivity index (χ2n) is 3.82. The number of aliphatic hydroxyl groups is 1. The van der Waals surface area contributed by atoms with Gasteiger partial charge in [-0.2, -0.15) is 0 Å². The van der Waals surface area contributed by atoms with Gasteiger partial charge in [-0.25, -0.2) is 9.97 Å². The lowest BCUT2D eigenvalue weighted by molar-refractivity contribution is 0.188. The fraction of sp³-hybridized carbons (Fsp3) is 0.455. The maximum atomic E-state index is 9.19. The van der Waals surface area contributed by atoms with Gasteiger partial charge in [0.1, 0.15) is 16.5 Å². The number of thiophene rings is 1. The zero-order valence-corrected chi connectivity index (χ0v) is 10.2. The number of aliphatic hydroxyl groups excluding tert-OH is 1. The van der Waals surface area contributed by atoms with Crippen LogP contribution in [0.5, 0.6) is 0 Å². The summed E-state index contributed by atoms with van der Waals surface area (Å²) in [7, 11) is 0. The monoisotopic (exact) mass is 237 g/mol. The van der Waals surface area contributed by atoms with E-state index in [4.69, 9.17) is 0 Å². The van der Waals surface area contributed by atoms with Gasteiger partial charge in [0.15, 0.2) is 0 Å². The van der Waals surface area contributed by atoms with Gasteiger partial charge in [-0.05, 0) is 31.7 Å². The first-order chi connectivity index (χ1) is 7.66.